The number of benzene rings is 2. The third-order valence-corrected chi connectivity index (χ3v) is 6.35. The summed E-state index contributed by atoms with van der Waals surface area (Å²) in [6, 6.07) is 17.4. The van der Waals surface area contributed by atoms with Crippen LogP contribution in [-0.2, 0) is 6.42 Å². The Morgan fingerprint density at radius 1 is 1.07 bits per heavy atom. The lowest BCUT2D eigenvalue weighted by Gasteiger charge is -2.26. The molecule has 4 aromatic rings. The van der Waals surface area contributed by atoms with Crippen LogP contribution in [0.15, 0.2) is 63.8 Å². The number of nitrogens with one attached hydrogen (secondary N) is 1. The molecule has 134 valence electrons. The maximum absolute atomic E-state index is 12.9. The second-order valence-corrected chi connectivity index (χ2v) is 7.91. The zero-order chi connectivity index (χ0) is 18.4. The zero-order valence-electron chi connectivity index (χ0n) is 14.5. The highest BCUT2D eigenvalue weighted by Gasteiger charge is 2.23. The highest BCUT2D eigenvalue weighted by Crippen LogP contribution is 2.32. The van der Waals surface area contributed by atoms with E-state index in [-0.39, 0.29) is 11.9 Å². The molecule has 5 heteroatoms. The Labute approximate surface area is 159 Å². The molecule has 1 amide bonds. The third-order valence-electron chi connectivity index (χ3n) is 5.18. The Balaban J connectivity index is 1.53. The lowest BCUT2D eigenvalue weighted by molar-refractivity contribution is 0.0937. The van der Waals surface area contributed by atoms with Gasteiger partial charge in [-0.15, -0.1) is 11.3 Å². The molecular formula is C22H17NO3S. The number of amides is 1. The Morgan fingerprint density at radius 2 is 1.89 bits per heavy atom. The van der Waals surface area contributed by atoms with E-state index in [1.165, 1.54) is 22.5 Å². The molecule has 0 aliphatic heterocycles. The van der Waals surface area contributed by atoms with Crippen molar-refractivity contribution in [3.05, 3.63) is 81.0 Å². The Hall–Kier alpha value is -2.92. The Kier molecular flexibility index (Phi) is 3.83. The molecule has 1 N–H and O–H groups in total. The van der Waals surface area contributed by atoms with Crippen LogP contribution in [0, 0.1) is 0 Å². The standard InChI is InChI=1S/C22H17NO3S/c24-21(23-17-10-5-7-13-6-1-2-8-14(13)17)19-12-16-20(27-19)15-9-3-4-11-18(15)26-22(16)25/h1-4,6,8-9,11-12,17H,5,7,10H2,(H,23,24). The number of hydrogen-bond acceptors (Lipinski definition) is 4. The molecular weight excluding hydrogens is 358 g/mol. The van der Waals surface area contributed by atoms with Gasteiger partial charge in [-0.25, -0.2) is 4.79 Å². The molecule has 1 aliphatic rings. The number of hydrogen-bond donors (Lipinski definition) is 1. The maximum atomic E-state index is 12.9. The summed E-state index contributed by atoms with van der Waals surface area (Å²) in [5.41, 5.74) is 2.65. The normalized spacial score (nSPS) is 16.4. The minimum Gasteiger partial charge on any atom is -0.422 e. The van der Waals surface area contributed by atoms with Crippen LogP contribution in [0.5, 0.6) is 0 Å². The van der Waals surface area contributed by atoms with Gasteiger partial charge in [0.25, 0.3) is 5.91 Å². The number of aryl methyl sites for hydroxylation is 1. The molecule has 2 heterocycles. The topological polar surface area (TPSA) is 59.3 Å². The van der Waals surface area contributed by atoms with Gasteiger partial charge in [0, 0.05) is 5.39 Å². The minimum absolute atomic E-state index is 0.0146. The fraction of sp³-hybridized carbons (Fsp3) is 0.182. The number of thiophene rings is 1. The summed E-state index contributed by atoms with van der Waals surface area (Å²) in [5.74, 6) is -0.138. The molecule has 2 aromatic heterocycles. The van der Waals surface area contributed by atoms with Crippen molar-refractivity contribution in [2.24, 2.45) is 0 Å². The van der Waals surface area contributed by atoms with Gasteiger partial charge in [0.05, 0.1) is 21.0 Å². The highest BCUT2D eigenvalue weighted by atomic mass is 32.1. The minimum atomic E-state index is -0.401. The van der Waals surface area contributed by atoms with Crippen molar-refractivity contribution in [3.8, 4) is 0 Å². The van der Waals surface area contributed by atoms with Gasteiger partial charge in [-0.05, 0) is 48.6 Å². The van der Waals surface area contributed by atoms with Gasteiger partial charge in [0.15, 0.2) is 0 Å². The van der Waals surface area contributed by atoms with Crippen LogP contribution in [0.25, 0.3) is 21.1 Å². The molecule has 0 spiro atoms. The zero-order valence-corrected chi connectivity index (χ0v) is 15.3. The fourth-order valence-electron chi connectivity index (χ4n) is 3.89. The number of carbonyl (C=O) groups excluding carboxylic acids is 1. The quantitative estimate of drug-likeness (QED) is 0.511. The van der Waals surface area contributed by atoms with E-state index in [0.29, 0.717) is 15.8 Å². The van der Waals surface area contributed by atoms with Gasteiger partial charge in [-0.2, -0.15) is 0 Å². The predicted octanol–water partition coefficient (Wildman–Crippen LogP) is 4.82. The second-order valence-electron chi connectivity index (χ2n) is 6.86. The SMILES string of the molecule is O=C(NC1CCCc2ccccc21)c1cc2c(=O)oc3ccccc3c2s1. The van der Waals surface area contributed by atoms with E-state index >= 15 is 0 Å². The molecule has 2 aromatic carbocycles. The van der Waals surface area contributed by atoms with Crippen molar-refractivity contribution >= 4 is 38.3 Å². The van der Waals surface area contributed by atoms with E-state index < -0.39 is 5.63 Å². The van der Waals surface area contributed by atoms with E-state index in [1.54, 1.807) is 12.1 Å². The van der Waals surface area contributed by atoms with Crippen LogP contribution in [0.1, 0.15) is 39.7 Å². The molecule has 0 bridgehead atoms. The van der Waals surface area contributed by atoms with Crippen LogP contribution in [0.4, 0.5) is 0 Å². The van der Waals surface area contributed by atoms with Crippen molar-refractivity contribution in [1.82, 2.24) is 5.32 Å². The summed E-state index contributed by atoms with van der Waals surface area (Å²) in [6.07, 6.45) is 3.04. The van der Waals surface area contributed by atoms with Gasteiger partial charge in [0.1, 0.15) is 5.58 Å². The summed E-state index contributed by atoms with van der Waals surface area (Å²) in [5, 5.41) is 4.48. The van der Waals surface area contributed by atoms with Crippen molar-refractivity contribution in [2.45, 2.75) is 25.3 Å². The number of rotatable bonds is 2. The highest BCUT2D eigenvalue weighted by molar-refractivity contribution is 7.21. The molecule has 4 nitrogen and oxygen atoms in total. The van der Waals surface area contributed by atoms with Crippen molar-refractivity contribution < 1.29 is 9.21 Å². The molecule has 5 rings (SSSR count). The van der Waals surface area contributed by atoms with Crippen molar-refractivity contribution in [2.75, 3.05) is 0 Å². The van der Waals surface area contributed by atoms with Crippen LogP contribution >= 0.6 is 11.3 Å². The van der Waals surface area contributed by atoms with Gasteiger partial charge < -0.3 is 9.73 Å². The monoisotopic (exact) mass is 375 g/mol. The summed E-state index contributed by atoms with van der Waals surface area (Å²) in [4.78, 5) is 25.7. The third kappa shape index (κ3) is 2.75. The van der Waals surface area contributed by atoms with Crippen LogP contribution in [0.2, 0.25) is 0 Å². The van der Waals surface area contributed by atoms with E-state index in [2.05, 4.69) is 17.4 Å². The lowest BCUT2D eigenvalue weighted by Crippen LogP contribution is -2.30. The van der Waals surface area contributed by atoms with Gasteiger partial charge in [-0.3, -0.25) is 4.79 Å². The van der Waals surface area contributed by atoms with E-state index in [0.717, 1.165) is 29.3 Å². The maximum Gasteiger partial charge on any atom is 0.345 e. The molecule has 0 fully saturated rings. The molecule has 1 atom stereocenters. The lowest BCUT2D eigenvalue weighted by atomic mass is 9.88. The second kappa shape index (κ2) is 6.35. The van der Waals surface area contributed by atoms with Crippen LogP contribution < -0.4 is 10.9 Å². The molecule has 1 unspecified atom stereocenters. The van der Waals surface area contributed by atoms with Crippen molar-refractivity contribution in [3.63, 3.8) is 0 Å². The Bertz CT molecular complexity index is 1240. The first-order valence-electron chi connectivity index (χ1n) is 9.05. The van der Waals surface area contributed by atoms with Crippen LogP contribution in [0.3, 0.4) is 0 Å². The number of para-hydroxylation sites is 1. The van der Waals surface area contributed by atoms with E-state index in [1.807, 2.05) is 30.3 Å². The Morgan fingerprint density at radius 3 is 2.81 bits per heavy atom. The van der Waals surface area contributed by atoms with Crippen molar-refractivity contribution in [1.29, 1.82) is 0 Å². The average molecular weight is 375 g/mol. The summed E-state index contributed by atoms with van der Waals surface area (Å²) in [7, 11) is 0. The first-order chi connectivity index (χ1) is 13.2. The molecule has 27 heavy (non-hydrogen) atoms. The first kappa shape index (κ1) is 16.3. The molecule has 0 saturated heterocycles. The predicted molar refractivity (Wildman–Crippen MR) is 107 cm³/mol. The smallest absolute Gasteiger partial charge is 0.345 e. The molecule has 0 saturated carbocycles. The largest absolute Gasteiger partial charge is 0.422 e. The number of fused-ring (bicyclic) bond motifs is 4. The molecule has 1 aliphatic carbocycles. The van der Waals surface area contributed by atoms with E-state index in [4.69, 9.17) is 4.42 Å². The van der Waals surface area contributed by atoms with Gasteiger partial charge in [0.2, 0.25) is 0 Å². The molecule has 0 radical (unpaired) electrons. The number of carbonyl (C=O) groups is 1. The van der Waals surface area contributed by atoms with Crippen LogP contribution in [-0.4, -0.2) is 5.91 Å². The summed E-state index contributed by atoms with van der Waals surface area (Å²) < 4.78 is 6.19. The fourth-order valence-corrected chi connectivity index (χ4v) is 4.97. The summed E-state index contributed by atoms with van der Waals surface area (Å²) >= 11 is 1.35. The summed E-state index contributed by atoms with van der Waals surface area (Å²) in [6.45, 7) is 0. The van der Waals surface area contributed by atoms with Gasteiger partial charge >= 0.3 is 5.63 Å². The average Bonchev–Trinajstić information content (AvgIpc) is 3.15. The van der Waals surface area contributed by atoms with E-state index in [9.17, 15) is 9.59 Å². The van der Waals surface area contributed by atoms with Gasteiger partial charge in [-0.1, -0.05) is 36.4 Å². The first-order valence-corrected chi connectivity index (χ1v) is 9.86.